The van der Waals surface area contributed by atoms with Crippen LogP contribution in [-0.2, 0) is 17.8 Å². The largest absolute Gasteiger partial charge is 0.462 e. The van der Waals surface area contributed by atoms with E-state index in [2.05, 4.69) is 50.9 Å². The molecule has 2 aromatic carbocycles. The first-order chi connectivity index (χ1) is 21.5. The number of ether oxygens (including phenoxy) is 1. The zero-order valence-corrected chi connectivity index (χ0v) is 25.7. The molecule has 3 aliphatic heterocycles. The summed E-state index contributed by atoms with van der Waals surface area (Å²) in [5.74, 6) is 0.538. The Hall–Kier alpha value is -3.94. The van der Waals surface area contributed by atoms with Crippen molar-refractivity contribution < 1.29 is 13.9 Å². The molecule has 3 aliphatic rings. The molecule has 4 heterocycles. The van der Waals surface area contributed by atoms with Gasteiger partial charge in [0.25, 0.3) is 0 Å². The highest BCUT2D eigenvalue weighted by atomic mass is 35.5. The second-order valence-electron chi connectivity index (χ2n) is 11.7. The van der Waals surface area contributed by atoms with Crippen molar-refractivity contribution in [1.82, 2.24) is 19.8 Å². The number of likely N-dealkylation sites (tertiary alicyclic amines) is 1. The van der Waals surface area contributed by atoms with E-state index in [4.69, 9.17) is 32.9 Å². The minimum absolute atomic E-state index is 0.159. The lowest BCUT2D eigenvalue weighted by Gasteiger charge is -2.41. The van der Waals surface area contributed by atoms with Gasteiger partial charge in [0, 0.05) is 54.9 Å². The van der Waals surface area contributed by atoms with Crippen LogP contribution in [-0.4, -0.2) is 97.4 Å². The average Bonchev–Trinajstić information content (AvgIpc) is 3.46. The van der Waals surface area contributed by atoms with Gasteiger partial charge in [0.05, 0.1) is 17.3 Å². The number of anilines is 2. The van der Waals surface area contributed by atoms with Crippen LogP contribution >= 0.6 is 11.6 Å². The molecule has 0 spiro atoms. The number of carbonyl (C=O) groups excluding carboxylic acids is 1. The molecule has 9 nitrogen and oxygen atoms in total. The van der Waals surface area contributed by atoms with Crippen LogP contribution in [0.5, 0.6) is 6.01 Å². The first kappa shape index (κ1) is 30.1. The molecule has 0 unspecified atom stereocenters. The summed E-state index contributed by atoms with van der Waals surface area (Å²) in [6, 6.07) is 12.5. The second-order valence-corrected chi connectivity index (χ2v) is 12.1. The van der Waals surface area contributed by atoms with E-state index in [1.54, 1.807) is 4.90 Å². The van der Waals surface area contributed by atoms with Crippen molar-refractivity contribution in [1.29, 1.82) is 0 Å². The van der Waals surface area contributed by atoms with Gasteiger partial charge in [0.2, 0.25) is 12.5 Å². The van der Waals surface area contributed by atoms with Crippen molar-refractivity contribution in [2.75, 3.05) is 69.4 Å². The summed E-state index contributed by atoms with van der Waals surface area (Å²) in [7, 11) is 2.12. The normalized spacial score (nSPS) is 20.7. The number of amides is 1. The number of nitrogens with zero attached hydrogens (tertiary/aromatic N) is 7. The van der Waals surface area contributed by atoms with Crippen molar-refractivity contribution in [3.63, 3.8) is 0 Å². The van der Waals surface area contributed by atoms with Gasteiger partial charge in [-0.05, 0) is 56.4 Å². The number of allylic oxidation sites excluding steroid dienone is 1. The van der Waals surface area contributed by atoms with Crippen molar-refractivity contribution in [3.05, 3.63) is 76.2 Å². The van der Waals surface area contributed by atoms with Gasteiger partial charge in [-0.25, -0.2) is 11.0 Å². The summed E-state index contributed by atoms with van der Waals surface area (Å²) in [4.78, 5) is 34.8. The van der Waals surface area contributed by atoms with Crippen LogP contribution in [0.15, 0.2) is 48.6 Å². The number of likely N-dealkylation sites (N-methyl/N-ethyl adjacent to an activating group) is 1. The fourth-order valence-corrected chi connectivity index (χ4v) is 6.94. The van der Waals surface area contributed by atoms with Crippen molar-refractivity contribution in [2.45, 2.75) is 37.9 Å². The third-order valence-electron chi connectivity index (χ3n) is 8.99. The van der Waals surface area contributed by atoms with Gasteiger partial charge in [-0.3, -0.25) is 4.79 Å². The summed E-state index contributed by atoms with van der Waals surface area (Å²) < 4.78 is 19.0. The third kappa shape index (κ3) is 6.17. The van der Waals surface area contributed by atoms with E-state index >= 15 is 0 Å². The van der Waals surface area contributed by atoms with Gasteiger partial charge in [-0.15, -0.1) is 0 Å². The van der Waals surface area contributed by atoms with Crippen LogP contribution in [0, 0.1) is 6.57 Å². The summed E-state index contributed by atoms with van der Waals surface area (Å²) in [6.45, 7) is 11.3. The summed E-state index contributed by atoms with van der Waals surface area (Å²) in [5, 5.41) is 2.84. The highest BCUT2D eigenvalue weighted by Gasteiger charge is 2.35. The molecule has 0 saturated carbocycles. The molecule has 2 fully saturated rings. The van der Waals surface area contributed by atoms with Crippen molar-refractivity contribution >= 4 is 39.8 Å². The fraction of sp³-hybridized carbons (Fsp3) is 0.455. The van der Waals surface area contributed by atoms with Crippen LogP contribution in [0.1, 0.15) is 24.1 Å². The molecule has 2 atom stereocenters. The lowest BCUT2D eigenvalue weighted by atomic mass is 10.0. The molecule has 3 aromatic rings. The molecule has 1 aromatic heterocycles. The fourth-order valence-electron chi connectivity index (χ4n) is 6.66. The molecular weight excluding hydrogens is 581 g/mol. The highest BCUT2D eigenvalue weighted by molar-refractivity contribution is 6.36. The summed E-state index contributed by atoms with van der Waals surface area (Å²) in [5.41, 5.74) is 3.04. The van der Waals surface area contributed by atoms with Gasteiger partial charge in [-0.2, -0.15) is 9.97 Å². The number of hydrogen-bond donors (Lipinski definition) is 0. The van der Waals surface area contributed by atoms with E-state index in [9.17, 15) is 9.18 Å². The van der Waals surface area contributed by atoms with Crippen molar-refractivity contribution in [3.8, 4) is 6.01 Å². The molecule has 0 radical (unpaired) electrons. The van der Waals surface area contributed by atoms with Crippen molar-refractivity contribution in [2.24, 2.45) is 0 Å². The number of hydrogen-bond acceptors (Lipinski definition) is 7. The quantitative estimate of drug-likeness (QED) is 0.266. The zero-order valence-electron chi connectivity index (χ0n) is 25.0. The van der Waals surface area contributed by atoms with E-state index in [1.807, 2.05) is 12.1 Å². The van der Waals surface area contributed by atoms with Crippen LogP contribution in [0.3, 0.4) is 0 Å². The molecule has 44 heavy (non-hydrogen) atoms. The maximum atomic E-state index is 12.8. The van der Waals surface area contributed by atoms with Gasteiger partial charge >= 0.3 is 6.01 Å². The Bertz CT molecular complexity index is 1590. The highest BCUT2D eigenvalue weighted by Crippen LogP contribution is 2.37. The van der Waals surface area contributed by atoms with E-state index in [1.165, 1.54) is 12.2 Å². The maximum absolute atomic E-state index is 12.8. The van der Waals surface area contributed by atoms with Crippen LogP contribution < -0.4 is 14.5 Å². The number of rotatable bonds is 8. The molecule has 0 N–H and O–H groups in total. The van der Waals surface area contributed by atoms with Gasteiger partial charge in [0.1, 0.15) is 25.1 Å². The first-order valence-corrected chi connectivity index (χ1v) is 15.6. The second kappa shape index (κ2) is 13.4. The minimum Gasteiger partial charge on any atom is -0.462 e. The van der Waals surface area contributed by atoms with Gasteiger partial charge in [-0.1, -0.05) is 35.9 Å². The van der Waals surface area contributed by atoms with E-state index < -0.39 is 6.67 Å². The average molecular weight is 618 g/mol. The lowest BCUT2D eigenvalue weighted by molar-refractivity contribution is -0.128. The number of piperazine rings is 1. The molecule has 6 rings (SSSR count). The van der Waals surface area contributed by atoms with E-state index in [0.717, 1.165) is 70.9 Å². The Labute approximate surface area is 262 Å². The predicted octanol–water partition coefficient (Wildman–Crippen LogP) is 4.78. The minimum atomic E-state index is -0.701. The van der Waals surface area contributed by atoms with E-state index in [0.29, 0.717) is 44.8 Å². The predicted molar refractivity (Wildman–Crippen MR) is 171 cm³/mol. The Morgan fingerprint density at radius 1 is 1.14 bits per heavy atom. The number of carbonyl (C=O) groups is 1. The Morgan fingerprint density at radius 3 is 2.75 bits per heavy atom. The molecule has 0 bridgehead atoms. The zero-order chi connectivity index (χ0) is 30.6. The number of halogens is 2. The molecular formula is C33H37ClFN7O2. The Balaban J connectivity index is 1.32. The Morgan fingerprint density at radius 2 is 1.98 bits per heavy atom. The number of benzene rings is 2. The molecule has 1 amide bonds. The number of aromatic nitrogens is 2. The Kier molecular flexibility index (Phi) is 9.14. The maximum Gasteiger partial charge on any atom is 0.318 e. The summed E-state index contributed by atoms with van der Waals surface area (Å²) in [6.07, 6.45) is 5.43. The smallest absolute Gasteiger partial charge is 0.318 e. The third-order valence-corrected chi connectivity index (χ3v) is 9.30. The van der Waals surface area contributed by atoms with E-state index in [-0.39, 0.29) is 18.5 Å². The monoisotopic (exact) mass is 617 g/mol. The lowest BCUT2D eigenvalue weighted by Crippen LogP contribution is -2.56. The number of fused-ring (bicyclic) bond motifs is 2. The first-order valence-electron chi connectivity index (χ1n) is 15.2. The van der Waals surface area contributed by atoms with Crippen LogP contribution in [0.4, 0.5) is 15.9 Å². The van der Waals surface area contributed by atoms with Crippen LogP contribution in [0.2, 0.25) is 5.02 Å². The molecule has 0 aliphatic carbocycles. The van der Waals surface area contributed by atoms with Gasteiger partial charge in [0.15, 0.2) is 0 Å². The van der Waals surface area contributed by atoms with Crippen LogP contribution in [0.25, 0.3) is 15.6 Å². The topological polar surface area (TPSA) is 69.4 Å². The van der Waals surface area contributed by atoms with Gasteiger partial charge < -0.3 is 29.2 Å². The molecule has 230 valence electrons. The number of alkyl halides is 1. The molecule has 11 heteroatoms. The standard InChI is InChI=1S/C33H37ClFN7O2/c1-36-19-25-20-41(17-18-42(25)30(43)12-5-14-35)32-26-13-16-40(29-11-4-8-23-7-3-10-27(34)31(23)29)21-28(26)37-33(38-32)44-22-24-9-6-15-39(24)2/h3-5,7-8,10-12,24-25H,6,9,13-22H2,2H3/b12-5+/t24-,25+/m1/s1. The SMILES string of the molecule is [C-]#[N+]C[C@H]1CN(c2nc(OC[C@H]3CCCN3C)nc3c2CCN(c2cccc4cccc(Cl)c24)C3)CCN1C(=O)/C=C/CF. The summed E-state index contributed by atoms with van der Waals surface area (Å²) >= 11 is 6.70. The molecule has 2 saturated heterocycles.